The molecule has 2 aromatic rings. The number of alkyl halides is 3. The van der Waals surface area contributed by atoms with Gasteiger partial charge in [0.1, 0.15) is 0 Å². The molecule has 3 amide bonds. The second kappa shape index (κ2) is 10.1. The molecule has 206 valence electrons. The Morgan fingerprint density at radius 1 is 0.897 bits per heavy atom. The lowest BCUT2D eigenvalue weighted by atomic mass is 9.73. The van der Waals surface area contributed by atoms with Crippen LogP contribution in [0.4, 0.5) is 18.9 Å². The molecule has 7 nitrogen and oxygen atoms in total. The van der Waals surface area contributed by atoms with Crippen LogP contribution >= 0.6 is 0 Å². The van der Waals surface area contributed by atoms with Gasteiger partial charge in [-0.3, -0.25) is 14.4 Å². The Kier molecular flexibility index (Phi) is 7.00. The highest BCUT2D eigenvalue weighted by Gasteiger charge is 2.51. The summed E-state index contributed by atoms with van der Waals surface area (Å²) in [6, 6.07) is 10.5. The van der Waals surface area contributed by atoms with Crippen molar-refractivity contribution in [2.75, 3.05) is 58.3 Å². The van der Waals surface area contributed by atoms with Crippen molar-refractivity contribution >= 4 is 29.5 Å². The molecule has 0 bridgehead atoms. The van der Waals surface area contributed by atoms with Crippen molar-refractivity contribution in [3.8, 4) is 0 Å². The van der Waals surface area contributed by atoms with Gasteiger partial charge in [-0.25, -0.2) is 0 Å². The van der Waals surface area contributed by atoms with E-state index in [1.54, 1.807) is 22.9 Å². The molecule has 0 radical (unpaired) electrons. The summed E-state index contributed by atoms with van der Waals surface area (Å²) >= 11 is 0. The molecule has 0 saturated carbocycles. The van der Waals surface area contributed by atoms with Gasteiger partial charge in [0.25, 0.3) is 5.91 Å². The van der Waals surface area contributed by atoms with Crippen LogP contribution in [0, 0.1) is 0 Å². The maximum atomic E-state index is 13.5. The highest BCUT2D eigenvalue weighted by molar-refractivity contribution is 6.09. The number of nitrogens with zero attached hydrogens (tertiary/aromatic N) is 4. The fraction of sp³-hybridized carbons (Fsp3) is 0.414. The zero-order valence-corrected chi connectivity index (χ0v) is 22.0. The van der Waals surface area contributed by atoms with Crippen LogP contribution in [0.5, 0.6) is 0 Å². The van der Waals surface area contributed by atoms with Gasteiger partial charge >= 0.3 is 6.18 Å². The molecule has 5 rings (SSSR count). The fourth-order valence-electron chi connectivity index (χ4n) is 5.84. The number of fused-ring (bicyclic) bond motifs is 2. The number of rotatable bonds is 3. The van der Waals surface area contributed by atoms with Gasteiger partial charge in [-0.1, -0.05) is 18.2 Å². The summed E-state index contributed by atoms with van der Waals surface area (Å²) in [7, 11) is 3.74. The van der Waals surface area contributed by atoms with Crippen LogP contribution in [0.1, 0.15) is 39.9 Å². The van der Waals surface area contributed by atoms with E-state index < -0.39 is 23.1 Å². The van der Waals surface area contributed by atoms with E-state index in [-0.39, 0.29) is 30.5 Å². The maximum Gasteiger partial charge on any atom is 0.416 e. The van der Waals surface area contributed by atoms with Crippen LogP contribution in [0.25, 0.3) is 6.08 Å². The van der Waals surface area contributed by atoms with Gasteiger partial charge in [0, 0.05) is 63.6 Å². The Morgan fingerprint density at radius 3 is 2.23 bits per heavy atom. The number of halogens is 3. The van der Waals surface area contributed by atoms with Gasteiger partial charge in [-0.2, -0.15) is 13.2 Å². The van der Waals surface area contributed by atoms with Crippen molar-refractivity contribution in [1.29, 1.82) is 0 Å². The average molecular weight is 541 g/mol. The molecule has 0 aromatic heterocycles. The van der Waals surface area contributed by atoms with E-state index in [2.05, 4.69) is 4.90 Å². The SMILES string of the molecule is CN1CCN(C(=O)c2ccc3c(c2)C2(CCN(C(=O)/C=C/c4ccccc4C(F)(F)F)CC2)C(=O)N3C)CC1. The molecule has 3 aliphatic heterocycles. The van der Waals surface area contributed by atoms with Crippen LogP contribution in [-0.2, 0) is 21.2 Å². The number of likely N-dealkylation sites (N-methyl/N-ethyl adjacent to an activating group) is 2. The lowest BCUT2D eigenvalue weighted by Gasteiger charge is -2.38. The van der Waals surface area contributed by atoms with Crippen molar-refractivity contribution in [3.05, 3.63) is 70.8 Å². The second-order valence-corrected chi connectivity index (χ2v) is 10.5. The van der Waals surface area contributed by atoms with Crippen LogP contribution in [0.2, 0.25) is 0 Å². The van der Waals surface area contributed by atoms with E-state index in [1.165, 1.54) is 24.3 Å². The molecule has 1 spiro atoms. The zero-order valence-electron chi connectivity index (χ0n) is 22.0. The number of hydrogen-bond donors (Lipinski definition) is 0. The van der Waals surface area contributed by atoms with Gasteiger partial charge in [-0.15, -0.1) is 0 Å². The Morgan fingerprint density at radius 2 is 1.56 bits per heavy atom. The number of amides is 3. The van der Waals surface area contributed by atoms with E-state index >= 15 is 0 Å². The van der Waals surface area contributed by atoms with E-state index in [9.17, 15) is 27.6 Å². The summed E-state index contributed by atoms with van der Waals surface area (Å²) < 4.78 is 39.9. The first kappa shape index (κ1) is 26.9. The van der Waals surface area contributed by atoms with Gasteiger partial charge in [0.2, 0.25) is 11.8 Å². The molecule has 0 N–H and O–H groups in total. The number of benzene rings is 2. The second-order valence-electron chi connectivity index (χ2n) is 10.5. The highest BCUT2D eigenvalue weighted by atomic mass is 19.4. The van der Waals surface area contributed by atoms with Gasteiger partial charge in [0.05, 0.1) is 11.0 Å². The summed E-state index contributed by atoms with van der Waals surface area (Å²) in [4.78, 5) is 46.8. The molecule has 2 fully saturated rings. The normalized spacial score (nSPS) is 19.7. The smallest absolute Gasteiger partial charge is 0.339 e. The Hall–Kier alpha value is -3.66. The van der Waals surface area contributed by atoms with Crippen LogP contribution < -0.4 is 4.90 Å². The third-order valence-electron chi connectivity index (χ3n) is 8.23. The third kappa shape index (κ3) is 4.93. The molecule has 39 heavy (non-hydrogen) atoms. The van der Waals surface area contributed by atoms with Crippen molar-refractivity contribution < 1.29 is 27.6 Å². The minimum Gasteiger partial charge on any atom is -0.339 e. The summed E-state index contributed by atoms with van der Waals surface area (Å²) in [6.07, 6.45) is -1.43. The predicted molar refractivity (Wildman–Crippen MR) is 141 cm³/mol. The largest absolute Gasteiger partial charge is 0.416 e. The zero-order chi connectivity index (χ0) is 27.9. The number of carbonyl (C=O) groups is 3. The van der Waals surface area contributed by atoms with Gasteiger partial charge in [-0.05, 0) is 61.4 Å². The molecule has 2 saturated heterocycles. The van der Waals surface area contributed by atoms with Crippen LogP contribution in [0.15, 0.2) is 48.5 Å². The third-order valence-corrected chi connectivity index (χ3v) is 8.23. The van der Waals surface area contributed by atoms with E-state index in [0.29, 0.717) is 31.5 Å². The number of hydrogen-bond acceptors (Lipinski definition) is 4. The Labute approximate surface area is 225 Å². The summed E-state index contributed by atoms with van der Waals surface area (Å²) in [5, 5.41) is 0. The maximum absolute atomic E-state index is 13.5. The summed E-state index contributed by atoms with van der Waals surface area (Å²) in [5.41, 5.74) is 0.391. The number of anilines is 1. The molecule has 0 atom stereocenters. The highest BCUT2D eigenvalue weighted by Crippen LogP contribution is 2.48. The van der Waals surface area contributed by atoms with Crippen LogP contribution in [-0.4, -0.2) is 85.8 Å². The molecular weight excluding hydrogens is 509 g/mol. The number of piperidine rings is 1. The van der Waals surface area contributed by atoms with Gasteiger partial charge in [0.15, 0.2) is 0 Å². The standard InChI is InChI=1S/C29H31F3N4O3/c1-33-15-17-36(18-16-33)26(38)21-7-9-24-23(19-21)28(27(39)34(24)2)11-13-35(14-12-28)25(37)10-8-20-5-3-4-6-22(20)29(30,31)32/h3-10,19H,11-18H2,1-2H3/b10-8+. The molecule has 0 unspecified atom stereocenters. The minimum absolute atomic E-state index is 0.0556. The number of likely N-dealkylation sites (tertiary alicyclic amines) is 1. The molecule has 2 aromatic carbocycles. The first-order valence-corrected chi connectivity index (χ1v) is 13.0. The average Bonchev–Trinajstić information content (AvgIpc) is 3.13. The van der Waals surface area contributed by atoms with E-state index in [1.807, 2.05) is 24.1 Å². The van der Waals surface area contributed by atoms with Crippen molar-refractivity contribution in [1.82, 2.24) is 14.7 Å². The summed E-state index contributed by atoms with van der Waals surface area (Å²) in [6.45, 7) is 3.46. The number of carbonyl (C=O) groups excluding carboxylic acids is 3. The number of piperazine rings is 1. The fourth-order valence-corrected chi connectivity index (χ4v) is 5.84. The van der Waals surface area contributed by atoms with Crippen LogP contribution in [0.3, 0.4) is 0 Å². The molecule has 3 aliphatic rings. The van der Waals surface area contributed by atoms with Crippen molar-refractivity contribution in [2.45, 2.75) is 24.4 Å². The van der Waals surface area contributed by atoms with Crippen molar-refractivity contribution in [2.24, 2.45) is 0 Å². The van der Waals surface area contributed by atoms with E-state index in [0.717, 1.165) is 36.5 Å². The lowest BCUT2D eigenvalue weighted by Crippen LogP contribution is -2.49. The predicted octanol–water partition coefficient (Wildman–Crippen LogP) is 3.64. The Bertz CT molecular complexity index is 1320. The first-order valence-electron chi connectivity index (χ1n) is 13.0. The summed E-state index contributed by atoms with van der Waals surface area (Å²) in [5.74, 6) is -0.525. The topological polar surface area (TPSA) is 64.2 Å². The molecule has 10 heteroatoms. The van der Waals surface area contributed by atoms with Gasteiger partial charge < -0.3 is 19.6 Å². The molecular formula is C29H31F3N4O3. The Balaban J connectivity index is 1.32. The minimum atomic E-state index is -4.52. The molecule has 3 heterocycles. The first-order chi connectivity index (χ1) is 18.5. The quantitative estimate of drug-likeness (QED) is 0.558. The monoisotopic (exact) mass is 540 g/mol. The lowest BCUT2D eigenvalue weighted by molar-refractivity contribution is -0.137. The van der Waals surface area contributed by atoms with Crippen molar-refractivity contribution in [3.63, 3.8) is 0 Å². The van der Waals surface area contributed by atoms with E-state index in [4.69, 9.17) is 0 Å². The molecule has 0 aliphatic carbocycles.